The van der Waals surface area contributed by atoms with Crippen LogP contribution >= 0.6 is 46.4 Å². The molecule has 25 heavy (non-hydrogen) atoms. The molecule has 3 N–H and O–H groups in total. The van der Waals surface area contributed by atoms with E-state index in [0.29, 0.717) is 28.4 Å². The Labute approximate surface area is 169 Å². The molecule has 2 rings (SSSR count). The van der Waals surface area contributed by atoms with E-state index in [-0.39, 0.29) is 16.9 Å². The molecule has 5 nitrogen and oxygen atoms in total. The summed E-state index contributed by atoms with van der Waals surface area (Å²) in [6, 6.07) is 12.2. The maximum absolute atomic E-state index is 12.3. The zero-order chi connectivity index (χ0) is 18.4. The third-order valence-electron chi connectivity index (χ3n) is 3.15. The monoisotopic (exact) mass is 487 g/mol. The van der Waals surface area contributed by atoms with Crippen molar-refractivity contribution in [1.82, 2.24) is 5.32 Å². The molecule has 2 aromatic carbocycles. The van der Waals surface area contributed by atoms with Crippen molar-refractivity contribution in [2.45, 2.75) is 13.3 Å². The fourth-order valence-corrected chi connectivity index (χ4v) is 2.80. The molecule has 0 heterocycles. The Morgan fingerprint density at radius 2 is 1.68 bits per heavy atom. The molecule has 0 unspecified atom stereocenters. The van der Waals surface area contributed by atoms with Crippen molar-refractivity contribution in [2.24, 2.45) is 0 Å². The van der Waals surface area contributed by atoms with Crippen molar-refractivity contribution in [3.05, 3.63) is 56.6 Å². The van der Waals surface area contributed by atoms with Crippen LogP contribution in [0.5, 0.6) is 0 Å². The van der Waals surface area contributed by atoms with E-state index >= 15 is 0 Å². The molecule has 0 aliphatic heterocycles. The standard InChI is InChI=1S/C17H15ClIN3O2S/c1-2-15(23)20-11-4-6-12(7-5-11)21-17(25)22-16(24)13-9-10(19)3-8-14(13)18/h3-9H,2H2,1H3,(H,20,23)(H2,21,22,24,25). The predicted molar refractivity (Wildman–Crippen MR) is 113 cm³/mol. The Morgan fingerprint density at radius 1 is 1.08 bits per heavy atom. The molecule has 0 saturated carbocycles. The number of hydrogen-bond acceptors (Lipinski definition) is 3. The number of hydrogen-bond donors (Lipinski definition) is 3. The first-order valence-electron chi connectivity index (χ1n) is 7.36. The molecule has 0 aromatic heterocycles. The van der Waals surface area contributed by atoms with E-state index in [2.05, 4.69) is 38.5 Å². The van der Waals surface area contributed by atoms with Gasteiger partial charge in [0.2, 0.25) is 5.91 Å². The minimum absolute atomic E-state index is 0.0575. The lowest BCUT2D eigenvalue weighted by molar-refractivity contribution is -0.115. The maximum Gasteiger partial charge on any atom is 0.258 e. The minimum atomic E-state index is -0.382. The molecule has 0 aliphatic rings. The zero-order valence-corrected chi connectivity index (χ0v) is 17.0. The second kappa shape index (κ2) is 9.12. The lowest BCUT2D eigenvalue weighted by Crippen LogP contribution is -2.34. The van der Waals surface area contributed by atoms with Crippen molar-refractivity contribution in [3.63, 3.8) is 0 Å². The summed E-state index contributed by atoms with van der Waals surface area (Å²) in [6.07, 6.45) is 0.414. The second-order valence-corrected chi connectivity index (χ2v) is 7.07. The minimum Gasteiger partial charge on any atom is -0.332 e. The van der Waals surface area contributed by atoms with Gasteiger partial charge in [-0.3, -0.25) is 14.9 Å². The first-order chi connectivity index (χ1) is 11.9. The molecule has 2 amide bonds. The molecular weight excluding hydrogens is 473 g/mol. The first kappa shape index (κ1) is 19.6. The van der Waals surface area contributed by atoms with E-state index in [4.69, 9.17) is 23.8 Å². The summed E-state index contributed by atoms with van der Waals surface area (Å²) >= 11 is 13.3. The SMILES string of the molecule is CCC(=O)Nc1ccc(NC(=S)NC(=O)c2cc(I)ccc2Cl)cc1. The zero-order valence-electron chi connectivity index (χ0n) is 13.2. The smallest absolute Gasteiger partial charge is 0.258 e. The Bertz CT molecular complexity index is 812. The van der Waals surface area contributed by atoms with Crippen LogP contribution in [0.3, 0.4) is 0 Å². The van der Waals surface area contributed by atoms with Crippen LogP contribution in [0, 0.1) is 3.57 Å². The van der Waals surface area contributed by atoms with Gasteiger partial charge < -0.3 is 10.6 Å². The maximum atomic E-state index is 12.3. The van der Waals surface area contributed by atoms with Gasteiger partial charge in [-0.05, 0) is 77.3 Å². The van der Waals surface area contributed by atoms with Crippen molar-refractivity contribution >= 4 is 74.7 Å². The van der Waals surface area contributed by atoms with Crippen LogP contribution in [-0.4, -0.2) is 16.9 Å². The van der Waals surface area contributed by atoms with Gasteiger partial charge in [-0.1, -0.05) is 18.5 Å². The van der Waals surface area contributed by atoms with Crippen LogP contribution in [0.1, 0.15) is 23.7 Å². The Balaban J connectivity index is 1.96. The third-order valence-corrected chi connectivity index (χ3v) is 4.35. The van der Waals surface area contributed by atoms with Crippen molar-refractivity contribution in [1.29, 1.82) is 0 Å². The Kier molecular flexibility index (Phi) is 7.15. The van der Waals surface area contributed by atoms with Crippen LogP contribution in [0.2, 0.25) is 5.02 Å². The summed E-state index contributed by atoms with van der Waals surface area (Å²) < 4.78 is 0.899. The lowest BCUT2D eigenvalue weighted by Gasteiger charge is -2.11. The summed E-state index contributed by atoms with van der Waals surface area (Å²) in [4.78, 5) is 23.6. The highest BCUT2D eigenvalue weighted by molar-refractivity contribution is 14.1. The summed E-state index contributed by atoms with van der Waals surface area (Å²) in [5.74, 6) is -0.439. The number of rotatable bonds is 4. The highest BCUT2D eigenvalue weighted by Crippen LogP contribution is 2.19. The number of benzene rings is 2. The summed E-state index contributed by atoms with van der Waals surface area (Å²) in [5, 5.41) is 8.77. The van der Waals surface area contributed by atoms with Gasteiger partial charge in [0.05, 0.1) is 10.6 Å². The molecule has 0 spiro atoms. The molecule has 0 radical (unpaired) electrons. The van der Waals surface area contributed by atoms with Gasteiger partial charge in [-0.2, -0.15) is 0 Å². The molecule has 0 aliphatic carbocycles. The van der Waals surface area contributed by atoms with Gasteiger partial charge in [0.1, 0.15) is 0 Å². The number of carbonyl (C=O) groups excluding carboxylic acids is 2. The molecule has 0 atom stereocenters. The van der Waals surface area contributed by atoms with Gasteiger partial charge >= 0.3 is 0 Å². The van der Waals surface area contributed by atoms with E-state index in [1.54, 1.807) is 43.3 Å². The predicted octanol–water partition coefficient (Wildman–Crippen LogP) is 4.42. The third kappa shape index (κ3) is 5.94. The van der Waals surface area contributed by atoms with Gasteiger partial charge in [0, 0.05) is 21.4 Å². The number of halogens is 2. The molecule has 130 valence electrons. The Hall–Kier alpha value is -1.71. The normalized spacial score (nSPS) is 10.0. The quantitative estimate of drug-likeness (QED) is 0.441. The van der Waals surface area contributed by atoms with Crippen LogP contribution in [0.4, 0.5) is 11.4 Å². The van der Waals surface area contributed by atoms with Crippen LogP contribution < -0.4 is 16.0 Å². The molecule has 0 bridgehead atoms. The summed E-state index contributed by atoms with van der Waals surface area (Å²) in [5.41, 5.74) is 1.74. The molecule has 0 fully saturated rings. The molecule has 2 aromatic rings. The highest BCUT2D eigenvalue weighted by Gasteiger charge is 2.12. The van der Waals surface area contributed by atoms with Crippen molar-refractivity contribution < 1.29 is 9.59 Å². The van der Waals surface area contributed by atoms with Crippen LogP contribution in [0.25, 0.3) is 0 Å². The average molecular weight is 488 g/mol. The number of amides is 2. The van der Waals surface area contributed by atoms with Gasteiger partial charge in [0.25, 0.3) is 5.91 Å². The van der Waals surface area contributed by atoms with Gasteiger partial charge in [0.15, 0.2) is 5.11 Å². The summed E-state index contributed by atoms with van der Waals surface area (Å²) in [6.45, 7) is 1.78. The molecule has 0 saturated heterocycles. The number of nitrogens with one attached hydrogen (secondary N) is 3. The van der Waals surface area contributed by atoms with Crippen LogP contribution in [-0.2, 0) is 4.79 Å². The van der Waals surface area contributed by atoms with Gasteiger partial charge in [-0.15, -0.1) is 0 Å². The van der Waals surface area contributed by atoms with Crippen LogP contribution in [0.15, 0.2) is 42.5 Å². The number of carbonyl (C=O) groups is 2. The fraction of sp³-hybridized carbons (Fsp3) is 0.118. The van der Waals surface area contributed by atoms with E-state index in [1.807, 2.05) is 6.07 Å². The van der Waals surface area contributed by atoms with E-state index in [1.165, 1.54) is 0 Å². The number of thiocarbonyl (C=S) groups is 1. The van der Waals surface area contributed by atoms with E-state index in [0.717, 1.165) is 3.57 Å². The number of anilines is 2. The highest BCUT2D eigenvalue weighted by atomic mass is 127. The van der Waals surface area contributed by atoms with E-state index < -0.39 is 0 Å². The Morgan fingerprint density at radius 3 is 2.28 bits per heavy atom. The lowest BCUT2D eigenvalue weighted by atomic mass is 10.2. The van der Waals surface area contributed by atoms with Gasteiger partial charge in [-0.25, -0.2) is 0 Å². The fourth-order valence-electron chi connectivity index (χ4n) is 1.89. The second-order valence-electron chi connectivity index (χ2n) is 5.01. The first-order valence-corrected chi connectivity index (χ1v) is 9.23. The molecular formula is C17H15ClIN3O2S. The largest absolute Gasteiger partial charge is 0.332 e. The topological polar surface area (TPSA) is 70.2 Å². The molecule has 8 heteroatoms. The van der Waals surface area contributed by atoms with E-state index in [9.17, 15) is 9.59 Å². The average Bonchev–Trinajstić information content (AvgIpc) is 2.58. The summed E-state index contributed by atoms with van der Waals surface area (Å²) in [7, 11) is 0. The van der Waals surface area contributed by atoms with Crippen molar-refractivity contribution in [3.8, 4) is 0 Å². The van der Waals surface area contributed by atoms with Crippen molar-refractivity contribution in [2.75, 3.05) is 10.6 Å².